The third-order valence-electron chi connectivity index (χ3n) is 3.52. The first-order chi connectivity index (χ1) is 8.74. The van der Waals surface area contributed by atoms with E-state index in [0.29, 0.717) is 0 Å². The molecule has 2 rings (SSSR count). The van der Waals surface area contributed by atoms with Crippen molar-refractivity contribution >= 4 is 17.2 Å². The van der Waals surface area contributed by atoms with Gasteiger partial charge in [0.1, 0.15) is 0 Å². The monoisotopic (exact) mass is 293 g/mol. The molecule has 3 nitrogen and oxygen atoms in total. The Bertz CT molecular complexity index is 480. The van der Waals surface area contributed by atoms with Gasteiger partial charge in [0.25, 0.3) is 0 Å². The summed E-state index contributed by atoms with van der Waals surface area (Å²) in [7, 11) is 0. The minimum absolute atomic E-state index is 0.0850. The van der Waals surface area contributed by atoms with Crippen molar-refractivity contribution in [3.05, 3.63) is 17.0 Å². The highest BCUT2D eigenvalue weighted by Gasteiger charge is 2.53. The first-order valence-electron chi connectivity index (χ1n) is 5.84. The van der Waals surface area contributed by atoms with Crippen molar-refractivity contribution in [2.24, 2.45) is 11.1 Å². The Kier molecular flexibility index (Phi) is 3.51. The van der Waals surface area contributed by atoms with Crippen LogP contribution in [0.2, 0.25) is 0 Å². The molecule has 0 aromatic carbocycles. The molecule has 1 aromatic heterocycles. The van der Waals surface area contributed by atoms with Crippen molar-refractivity contribution in [1.82, 2.24) is 0 Å². The molecule has 1 aromatic rings. The Morgan fingerprint density at radius 1 is 1.53 bits per heavy atom. The molecule has 0 unspecified atom stereocenters. The average molecular weight is 293 g/mol. The van der Waals surface area contributed by atoms with Crippen molar-refractivity contribution in [3.63, 3.8) is 0 Å². The lowest BCUT2D eigenvalue weighted by atomic mass is 9.89. The molecule has 106 valence electrons. The molecule has 0 aliphatic heterocycles. The summed E-state index contributed by atoms with van der Waals surface area (Å²) in [5, 5.41) is 0.208. The summed E-state index contributed by atoms with van der Waals surface area (Å²) in [6, 6.07) is 3.20. The fourth-order valence-corrected chi connectivity index (χ4v) is 3.12. The lowest BCUT2D eigenvalue weighted by Gasteiger charge is -2.18. The van der Waals surface area contributed by atoms with E-state index in [-0.39, 0.29) is 16.9 Å². The van der Waals surface area contributed by atoms with Crippen molar-refractivity contribution in [3.8, 4) is 5.06 Å². The van der Waals surface area contributed by atoms with Crippen LogP contribution in [0.1, 0.15) is 30.6 Å². The Hall–Kier alpha value is -1.24. The number of primary amides is 1. The molecule has 1 aliphatic carbocycles. The number of hydrogen-bond acceptors (Lipinski definition) is 3. The van der Waals surface area contributed by atoms with E-state index in [4.69, 9.17) is 5.73 Å². The van der Waals surface area contributed by atoms with E-state index >= 15 is 0 Å². The number of rotatable bonds is 5. The van der Waals surface area contributed by atoms with E-state index < -0.39 is 18.2 Å². The zero-order chi connectivity index (χ0) is 14.3. The first-order valence-corrected chi connectivity index (χ1v) is 6.65. The van der Waals surface area contributed by atoms with E-state index in [0.717, 1.165) is 29.1 Å². The van der Waals surface area contributed by atoms with Crippen LogP contribution in [0.4, 0.5) is 13.2 Å². The van der Waals surface area contributed by atoms with Gasteiger partial charge in [0.05, 0.1) is 5.41 Å². The molecule has 0 spiro atoms. The summed E-state index contributed by atoms with van der Waals surface area (Å²) in [4.78, 5) is 12.2. The fourth-order valence-electron chi connectivity index (χ4n) is 2.10. The van der Waals surface area contributed by atoms with Crippen LogP contribution in [0.25, 0.3) is 0 Å². The fraction of sp³-hybridized carbons (Fsp3) is 0.583. The maximum atomic E-state index is 12.0. The summed E-state index contributed by atoms with van der Waals surface area (Å²) in [5.74, 6) is -0.426. The second-order valence-electron chi connectivity index (χ2n) is 4.80. The summed E-state index contributed by atoms with van der Waals surface area (Å²) in [6.07, 6.45) is -2.87. The molecular weight excluding hydrogens is 279 g/mol. The van der Waals surface area contributed by atoms with Gasteiger partial charge in [-0.25, -0.2) is 0 Å². The van der Waals surface area contributed by atoms with Crippen LogP contribution in [0.15, 0.2) is 12.1 Å². The molecule has 1 amide bonds. The van der Waals surface area contributed by atoms with Crippen LogP contribution in [-0.2, 0) is 4.79 Å². The van der Waals surface area contributed by atoms with Crippen LogP contribution in [0.5, 0.6) is 5.06 Å². The zero-order valence-corrected chi connectivity index (χ0v) is 11.1. The number of carbonyl (C=O) groups excluding carboxylic acids is 1. The molecule has 7 heteroatoms. The van der Waals surface area contributed by atoms with Gasteiger partial charge in [-0.05, 0) is 25.0 Å². The molecule has 2 N–H and O–H groups in total. The highest BCUT2D eigenvalue weighted by molar-refractivity contribution is 7.13. The molecule has 0 saturated heterocycles. The van der Waals surface area contributed by atoms with Crippen molar-refractivity contribution < 1.29 is 22.7 Å². The van der Waals surface area contributed by atoms with Gasteiger partial charge < -0.3 is 10.5 Å². The van der Waals surface area contributed by atoms with Crippen molar-refractivity contribution in [1.29, 1.82) is 0 Å². The van der Waals surface area contributed by atoms with Gasteiger partial charge in [-0.2, -0.15) is 13.2 Å². The van der Waals surface area contributed by atoms with Crippen LogP contribution in [0, 0.1) is 5.41 Å². The summed E-state index contributed by atoms with van der Waals surface area (Å²) in [6.45, 7) is 0.569. The predicted molar refractivity (Wildman–Crippen MR) is 65.1 cm³/mol. The zero-order valence-electron chi connectivity index (χ0n) is 10.3. The molecule has 19 heavy (non-hydrogen) atoms. The number of thiophene rings is 1. The molecule has 0 bridgehead atoms. The highest BCUT2D eigenvalue weighted by Crippen LogP contribution is 2.57. The van der Waals surface area contributed by atoms with Gasteiger partial charge >= 0.3 is 6.18 Å². The number of ether oxygens (including phenoxy) is 1. The molecule has 0 radical (unpaired) electrons. The SMILES string of the molecule is C[C@@H](c1ccc(OCC(F)(F)F)s1)C1(C(N)=O)CC1. The predicted octanol–water partition coefficient (Wildman–Crippen LogP) is 3.06. The number of alkyl halides is 3. The second-order valence-corrected chi connectivity index (χ2v) is 5.88. The first kappa shape index (κ1) is 14.2. The van der Waals surface area contributed by atoms with Crippen LogP contribution >= 0.6 is 11.3 Å². The number of hydrogen-bond donors (Lipinski definition) is 1. The van der Waals surface area contributed by atoms with Gasteiger partial charge in [-0.1, -0.05) is 6.92 Å². The summed E-state index contributed by atoms with van der Waals surface area (Å²) < 4.78 is 40.8. The quantitative estimate of drug-likeness (QED) is 0.907. The Labute approximate surface area is 112 Å². The largest absolute Gasteiger partial charge is 0.475 e. The highest BCUT2D eigenvalue weighted by atomic mass is 32.1. The van der Waals surface area contributed by atoms with E-state index in [2.05, 4.69) is 4.74 Å². The maximum absolute atomic E-state index is 12.0. The molecule has 1 heterocycles. The number of halogens is 3. The smallest absolute Gasteiger partial charge is 0.422 e. The Morgan fingerprint density at radius 2 is 2.16 bits per heavy atom. The molecule has 1 fully saturated rings. The van der Waals surface area contributed by atoms with E-state index in [9.17, 15) is 18.0 Å². The topological polar surface area (TPSA) is 52.3 Å². The lowest BCUT2D eigenvalue weighted by Crippen LogP contribution is -2.28. The number of nitrogens with two attached hydrogens (primary N) is 1. The van der Waals surface area contributed by atoms with E-state index in [1.54, 1.807) is 6.07 Å². The van der Waals surface area contributed by atoms with Gasteiger partial charge in [0.15, 0.2) is 11.7 Å². The normalized spacial score (nSPS) is 18.9. The minimum atomic E-state index is -4.35. The second kappa shape index (κ2) is 4.70. The number of amides is 1. The minimum Gasteiger partial charge on any atom is -0.475 e. The van der Waals surface area contributed by atoms with Gasteiger partial charge in [0.2, 0.25) is 5.91 Å². The third kappa shape index (κ3) is 3.02. The maximum Gasteiger partial charge on any atom is 0.422 e. The van der Waals surface area contributed by atoms with E-state index in [1.807, 2.05) is 6.92 Å². The standard InChI is InChI=1S/C12H14F3NO2S/c1-7(11(4-5-11)10(16)17)8-2-3-9(19-8)18-6-12(13,14)15/h2-3,7H,4-6H2,1H3,(H2,16,17)/t7-/m0/s1. The van der Waals surface area contributed by atoms with Crippen molar-refractivity contribution in [2.75, 3.05) is 6.61 Å². The van der Waals surface area contributed by atoms with Gasteiger partial charge in [-0.3, -0.25) is 4.79 Å². The average Bonchev–Trinajstić information content (AvgIpc) is 2.98. The summed E-state index contributed by atoms with van der Waals surface area (Å²) in [5.41, 5.74) is 4.86. The lowest BCUT2D eigenvalue weighted by molar-refractivity contribution is -0.152. The number of carbonyl (C=O) groups is 1. The van der Waals surface area contributed by atoms with Gasteiger partial charge in [-0.15, -0.1) is 11.3 Å². The van der Waals surface area contributed by atoms with Crippen LogP contribution in [0.3, 0.4) is 0 Å². The third-order valence-corrected chi connectivity index (χ3v) is 4.70. The van der Waals surface area contributed by atoms with Crippen LogP contribution in [-0.4, -0.2) is 18.7 Å². The van der Waals surface area contributed by atoms with Crippen molar-refractivity contribution in [2.45, 2.75) is 31.9 Å². The Balaban J connectivity index is 2.03. The molecule has 1 saturated carbocycles. The Morgan fingerprint density at radius 3 is 2.63 bits per heavy atom. The van der Waals surface area contributed by atoms with Crippen LogP contribution < -0.4 is 10.5 Å². The molecular formula is C12H14F3NO2S. The molecule has 1 atom stereocenters. The van der Waals surface area contributed by atoms with Gasteiger partial charge in [0, 0.05) is 10.8 Å². The van der Waals surface area contributed by atoms with E-state index in [1.165, 1.54) is 6.07 Å². The molecule has 1 aliphatic rings. The summed E-state index contributed by atoms with van der Waals surface area (Å²) >= 11 is 1.14.